The Labute approximate surface area is 139 Å². The van der Waals surface area contributed by atoms with Gasteiger partial charge in [-0.2, -0.15) is 13.2 Å². The zero-order valence-electron chi connectivity index (χ0n) is 12.6. The summed E-state index contributed by atoms with van der Waals surface area (Å²) in [6, 6.07) is 3.80. The van der Waals surface area contributed by atoms with Gasteiger partial charge in [-0.25, -0.2) is 8.93 Å². The van der Waals surface area contributed by atoms with Gasteiger partial charge in [0.15, 0.2) is 0 Å². The SMILES string of the molecule is C=C[C@@H](CC(C)(C)S(=O)NC)c1cc(Br)cc(C(F)(F)F)c1. The van der Waals surface area contributed by atoms with E-state index >= 15 is 0 Å². The molecule has 1 unspecified atom stereocenters. The van der Waals surface area contributed by atoms with Crippen LogP contribution < -0.4 is 4.72 Å². The molecule has 0 saturated heterocycles. The van der Waals surface area contributed by atoms with Crippen molar-refractivity contribution in [1.82, 2.24) is 4.72 Å². The third-order valence-electron chi connectivity index (χ3n) is 3.36. The summed E-state index contributed by atoms with van der Waals surface area (Å²) in [4.78, 5) is 0. The van der Waals surface area contributed by atoms with Crippen molar-refractivity contribution in [3.63, 3.8) is 0 Å². The maximum atomic E-state index is 12.9. The second-order valence-corrected chi connectivity index (χ2v) is 8.52. The first-order valence-corrected chi connectivity index (χ1v) is 8.55. The fourth-order valence-electron chi connectivity index (χ4n) is 2.21. The van der Waals surface area contributed by atoms with E-state index in [1.54, 1.807) is 33.0 Å². The lowest BCUT2D eigenvalue weighted by Crippen LogP contribution is -2.35. The highest BCUT2D eigenvalue weighted by Gasteiger charge is 2.33. The number of halogens is 4. The molecule has 0 amide bonds. The molecular weight excluding hydrogens is 379 g/mol. The molecule has 0 aliphatic heterocycles. The van der Waals surface area contributed by atoms with E-state index in [4.69, 9.17) is 0 Å². The molecule has 2 atom stereocenters. The smallest absolute Gasteiger partial charge is 0.242 e. The van der Waals surface area contributed by atoms with E-state index in [1.165, 1.54) is 0 Å². The largest absolute Gasteiger partial charge is 0.416 e. The first-order valence-electron chi connectivity index (χ1n) is 6.60. The summed E-state index contributed by atoms with van der Waals surface area (Å²) in [5.74, 6) is -0.328. The predicted octanol–water partition coefficient (Wildman–Crippen LogP) is 4.79. The quantitative estimate of drug-likeness (QED) is 0.686. The molecule has 2 nitrogen and oxygen atoms in total. The Morgan fingerprint density at radius 1 is 1.36 bits per heavy atom. The van der Waals surface area contributed by atoms with Crippen molar-refractivity contribution in [2.24, 2.45) is 0 Å². The maximum absolute atomic E-state index is 12.9. The van der Waals surface area contributed by atoms with Gasteiger partial charge < -0.3 is 0 Å². The minimum Gasteiger partial charge on any atom is -0.242 e. The number of rotatable bonds is 6. The van der Waals surface area contributed by atoms with Crippen LogP contribution in [0, 0.1) is 0 Å². The van der Waals surface area contributed by atoms with Crippen molar-refractivity contribution in [3.05, 3.63) is 46.5 Å². The molecule has 0 bridgehead atoms. The van der Waals surface area contributed by atoms with Crippen LogP contribution in [0.5, 0.6) is 0 Å². The number of nitrogens with one attached hydrogen (secondary N) is 1. The first kappa shape index (κ1) is 19.4. The number of hydrogen-bond donors (Lipinski definition) is 1. The Morgan fingerprint density at radius 2 is 1.95 bits per heavy atom. The Bertz CT molecular complexity index is 572. The highest BCUT2D eigenvalue weighted by Crippen LogP contribution is 2.36. The van der Waals surface area contributed by atoms with Crippen LogP contribution in [0.25, 0.3) is 0 Å². The lowest BCUT2D eigenvalue weighted by atomic mass is 9.89. The lowest BCUT2D eigenvalue weighted by Gasteiger charge is -2.27. The average molecular weight is 398 g/mol. The van der Waals surface area contributed by atoms with Gasteiger partial charge in [-0.3, -0.25) is 0 Å². The van der Waals surface area contributed by atoms with E-state index in [2.05, 4.69) is 27.2 Å². The van der Waals surface area contributed by atoms with Crippen molar-refractivity contribution < 1.29 is 17.4 Å². The van der Waals surface area contributed by atoms with E-state index in [0.717, 1.165) is 12.1 Å². The van der Waals surface area contributed by atoms with Gasteiger partial charge in [0, 0.05) is 10.4 Å². The molecular formula is C15H19BrF3NOS. The van der Waals surface area contributed by atoms with E-state index < -0.39 is 27.5 Å². The zero-order chi connectivity index (χ0) is 17.1. The standard InChI is InChI=1S/C15H19BrF3NOS/c1-5-10(9-14(2,3)22(21)20-4)11-6-12(15(17,18)19)8-13(16)7-11/h5-8,10,20H,1,9H2,2-4H3/t10-,22?/m0/s1. The molecule has 0 radical (unpaired) electrons. The highest BCUT2D eigenvalue weighted by molar-refractivity contribution is 9.10. The molecule has 0 saturated carbocycles. The van der Waals surface area contributed by atoms with E-state index in [0.29, 0.717) is 16.5 Å². The molecule has 22 heavy (non-hydrogen) atoms. The summed E-state index contributed by atoms with van der Waals surface area (Å²) in [6.45, 7) is 7.32. The molecule has 1 aromatic rings. The van der Waals surface area contributed by atoms with Gasteiger partial charge in [0.05, 0.1) is 21.3 Å². The molecule has 1 N–H and O–H groups in total. The maximum Gasteiger partial charge on any atom is 0.416 e. The number of alkyl halides is 3. The zero-order valence-corrected chi connectivity index (χ0v) is 15.0. The highest BCUT2D eigenvalue weighted by atomic mass is 79.9. The molecule has 0 aliphatic carbocycles. The number of benzene rings is 1. The summed E-state index contributed by atoms with van der Waals surface area (Å²) in [7, 11) is 0.292. The van der Waals surface area contributed by atoms with Crippen molar-refractivity contribution >= 4 is 26.9 Å². The van der Waals surface area contributed by atoms with Gasteiger partial charge in [0.2, 0.25) is 0 Å². The fraction of sp³-hybridized carbons (Fsp3) is 0.467. The van der Waals surface area contributed by atoms with Crippen LogP contribution >= 0.6 is 15.9 Å². The van der Waals surface area contributed by atoms with Gasteiger partial charge in [-0.05, 0) is 51.1 Å². The summed E-state index contributed by atoms with van der Waals surface area (Å²) >= 11 is 3.12. The molecule has 124 valence electrons. The second kappa shape index (κ2) is 7.27. The van der Waals surface area contributed by atoms with E-state index in [1.807, 2.05) is 0 Å². The van der Waals surface area contributed by atoms with E-state index in [-0.39, 0.29) is 5.92 Å². The van der Waals surface area contributed by atoms with Crippen molar-refractivity contribution in [2.45, 2.75) is 37.1 Å². The fourth-order valence-corrected chi connectivity index (χ4v) is 3.60. The van der Waals surface area contributed by atoms with Crippen molar-refractivity contribution in [3.8, 4) is 0 Å². The minimum atomic E-state index is -4.41. The third kappa shape index (κ3) is 4.93. The predicted molar refractivity (Wildman–Crippen MR) is 88.0 cm³/mol. The van der Waals surface area contributed by atoms with Gasteiger partial charge >= 0.3 is 6.18 Å². The van der Waals surface area contributed by atoms with Crippen LogP contribution in [-0.2, 0) is 17.2 Å². The molecule has 1 rings (SSSR count). The monoisotopic (exact) mass is 397 g/mol. The molecule has 1 aromatic carbocycles. The Morgan fingerprint density at radius 3 is 2.41 bits per heavy atom. The van der Waals surface area contributed by atoms with Crippen LogP contribution in [0.15, 0.2) is 35.3 Å². The number of hydrogen-bond acceptors (Lipinski definition) is 1. The van der Waals surface area contributed by atoms with Crippen LogP contribution in [0.2, 0.25) is 0 Å². The minimum absolute atomic E-state index is 0.328. The Kier molecular flexibility index (Phi) is 6.41. The summed E-state index contributed by atoms with van der Waals surface area (Å²) in [5, 5.41) is 0. The van der Waals surface area contributed by atoms with Crippen LogP contribution in [-0.4, -0.2) is 16.0 Å². The summed E-state index contributed by atoms with van der Waals surface area (Å²) in [5.41, 5.74) is -0.214. The van der Waals surface area contributed by atoms with Crippen molar-refractivity contribution in [1.29, 1.82) is 0 Å². The summed E-state index contributed by atoms with van der Waals surface area (Å²) < 4.78 is 53.2. The lowest BCUT2D eigenvalue weighted by molar-refractivity contribution is -0.137. The van der Waals surface area contributed by atoms with Gasteiger partial charge in [-0.1, -0.05) is 22.0 Å². The third-order valence-corrected chi connectivity index (χ3v) is 5.36. The average Bonchev–Trinajstić information content (AvgIpc) is 2.42. The van der Waals surface area contributed by atoms with E-state index in [9.17, 15) is 17.4 Å². The number of allylic oxidation sites excluding steroid dienone is 1. The van der Waals surface area contributed by atoms with Crippen LogP contribution in [0.4, 0.5) is 13.2 Å². The molecule has 0 aromatic heterocycles. The van der Waals surface area contributed by atoms with Crippen molar-refractivity contribution in [2.75, 3.05) is 7.05 Å². The van der Waals surface area contributed by atoms with Gasteiger partial charge in [0.1, 0.15) is 0 Å². The van der Waals surface area contributed by atoms with Crippen LogP contribution in [0.3, 0.4) is 0 Å². The topological polar surface area (TPSA) is 29.1 Å². The van der Waals surface area contributed by atoms with Crippen LogP contribution in [0.1, 0.15) is 37.3 Å². The molecule has 0 fully saturated rings. The first-order chi connectivity index (χ1) is 10.0. The Balaban J connectivity index is 3.18. The molecule has 0 aliphatic rings. The van der Waals surface area contributed by atoms with Gasteiger partial charge in [-0.15, -0.1) is 6.58 Å². The molecule has 7 heteroatoms. The Hall–Kier alpha value is -0.660. The normalized spacial score (nSPS) is 15.4. The molecule has 0 spiro atoms. The molecule has 0 heterocycles. The second-order valence-electron chi connectivity index (χ2n) is 5.55. The van der Waals surface area contributed by atoms with Gasteiger partial charge in [0.25, 0.3) is 0 Å². The summed E-state index contributed by atoms with van der Waals surface area (Å²) in [6.07, 6.45) is -2.40.